The molecule has 0 fully saturated rings. The molecule has 0 bridgehead atoms. The number of rotatable bonds is 5. The maximum Gasteiger partial charge on any atom is 0.293 e. The number of nitro benzene ring substituents is 1. The van der Waals surface area contributed by atoms with Gasteiger partial charge in [-0.05, 0) is 25.5 Å². The van der Waals surface area contributed by atoms with Crippen LogP contribution in [-0.4, -0.2) is 22.3 Å². The van der Waals surface area contributed by atoms with Crippen LogP contribution in [0.15, 0.2) is 18.2 Å². The molecule has 1 aromatic rings. The van der Waals surface area contributed by atoms with Crippen LogP contribution in [0.2, 0.25) is 0 Å². The summed E-state index contributed by atoms with van der Waals surface area (Å²) in [6, 6.07) is 3.81. The lowest BCUT2D eigenvalue weighted by Crippen LogP contribution is -2.44. The van der Waals surface area contributed by atoms with Gasteiger partial charge in [-0.1, -0.05) is 12.8 Å². The van der Waals surface area contributed by atoms with Gasteiger partial charge in [-0.2, -0.15) is 0 Å². The Morgan fingerprint density at radius 2 is 2.09 bits per heavy atom. The van der Waals surface area contributed by atoms with Gasteiger partial charge in [0.05, 0.1) is 10.5 Å². The van der Waals surface area contributed by atoms with Gasteiger partial charge in [0.1, 0.15) is 5.69 Å². The van der Waals surface area contributed by atoms with Crippen LogP contribution in [0.1, 0.15) is 37.6 Å². The lowest BCUT2D eigenvalue weighted by molar-refractivity contribution is -0.384. The van der Waals surface area contributed by atoms with E-state index in [0.717, 1.165) is 6.07 Å². The topological polar surface area (TPSA) is 101 Å². The molecule has 2 amide bonds. The number of carbonyl (C=O) groups excluding carboxylic acids is 2. The zero-order valence-corrected chi connectivity index (χ0v) is 12.6. The number of terminal acetylenes is 1. The van der Waals surface area contributed by atoms with Crippen molar-refractivity contribution in [2.24, 2.45) is 0 Å². The van der Waals surface area contributed by atoms with Gasteiger partial charge in [-0.15, -0.1) is 6.42 Å². The van der Waals surface area contributed by atoms with E-state index in [4.69, 9.17) is 6.42 Å². The van der Waals surface area contributed by atoms with Crippen molar-refractivity contribution in [2.75, 3.05) is 5.32 Å². The summed E-state index contributed by atoms with van der Waals surface area (Å²) in [5, 5.41) is 16.1. The monoisotopic (exact) mass is 303 g/mol. The summed E-state index contributed by atoms with van der Waals surface area (Å²) in [5.74, 6) is 1.53. The summed E-state index contributed by atoms with van der Waals surface area (Å²) in [6.07, 6.45) is 5.90. The van der Waals surface area contributed by atoms with Crippen molar-refractivity contribution >= 4 is 23.2 Å². The molecule has 1 atom stereocenters. The van der Waals surface area contributed by atoms with Crippen LogP contribution in [0.25, 0.3) is 0 Å². The van der Waals surface area contributed by atoms with Crippen molar-refractivity contribution in [3.63, 3.8) is 0 Å². The van der Waals surface area contributed by atoms with E-state index in [1.165, 1.54) is 19.1 Å². The van der Waals surface area contributed by atoms with Crippen LogP contribution in [0, 0.1) is 22.5 Å². The second-order valence-electron chi connectivity index (χ2n) is 4.95. The van der Waals surface area contributed by atoms with Crippen LogP contribution in [-0.2, 0) is 4.79 Å². The molecule has 0 spiro atoms. The van der Waals surface area contributed by atoms with Crippen LogP contribution >= 0.6 is 0 Å². The Labute approximate surface area is 128 Å². The van der Waals surface area contributed by atoms with Crippen molar-refractivity contribution in [3.8, 4) is 12.3 Å². The van der Waals surface area contributed by atoms with E-state index < -0.39 is 22.3 Å². The Kier molecular flexibility index (Phi) is 5.24. The molecule has 0 saturated heterocycles. The van der Waals surface area contributed by atoms with Crippen LogP contribution in [0.5, 0.6) is 0 Å². The van der Waals surface area contributed by atoms with E-state index in [0.29, 0.717) is 6.42 Å². The molecule has 0 radical (unpaired) electrons. The molecule has 0 aliphatic rings. The Morgan fingerprint density at radius 1 is 1.45 bits per heavy atom. The molecule has 7 nitrogen and oxygen atoms in total. The molecule has 7 heteroatoms. The minimum atomic E-state index is -0.831. The first-order chi connectivity index (χ1) is 10.2. The Balaban J connectivity index is 3.15. The van der Waals surface area contributed by atoms with Gasteiger partial charge in [-0.25, -0.2) is 0 Å². The smallest absolute Gasteiger partial charge is 0.293 e. The van der Waals surface area contributed by atoms with Gasteiger partial charge in [0.25, 0.3) is 11.6 Å². The third-order valence-corrected chi connectivity index (χ3v) is 3.18. The van der Waals surface area contributed by atoms with Crippen molar-refractivity contribution in [1.82, 2.24) is 5.32 Å². The number of anilines is 1. The predicted molar refractivity (Wildman–Crippen MR) is 82.4 cm³/mol. The van der Waals surface area contributed by atoms with Gasteiger partial charge in [0.15, 0.2) is 0 Å². The Hall–Kier alpha value is -2.88. The molecule has 0 aliphatic carbocycles. The lowest BCUT2D eigenvalue weighted by Gasteiger charge is -2.23. The van der Waals surface area contributed by atoms with Gasteiger partial charge in [0.2, 0.25) is 5.91 Å². The Bertz CT molecular complexity index is 663. The first-order valence-electron chi connectivity index (χ1n) is 6.58. The highest BCUT2D eigenvalue weighted by molar-refractivity contribution is 5.98. The van der Waals surface area contributed by atoms with E-state index in [1.807, 2.05) is 6.92 Å². The van der Waals surface area contributed by atoms with E-state index in [9.17, 15) is 19.7 Å². The molecule has 0 heterocycles. The molecule has 1 rings (SSSR count). The fraction of sp³-hybridized carbons (Fsp3) is 0.333. The number of amides is 2. The number of nitrogens with one attached hydrogen (secondary N) is 2. The highest BCUT2D eigenvalue weighted by atomic mass is 16.6. The molecular weight excluding hydrogens is 286 g/mol. The van der Waals surface area contributed by atoms with E-state index in [-0.39, 0.29) is 16.9 Å². The molecule has 0 saturated carbocycles. The summed E-state index contributed by atoms with van der Waals surface area (Å²) in [6.45, 7) is 4.75. The largest absolute Gasteiger partial charge is 0.336 e. The minimum Gasteiger partial charge on any atom is -0.336 e. The fourth-order valence-electron chi connectivity index (χ4n) is 1.67. The minimum absolute atomic E-state index is 0.0317. The van der Waals surface area contributed by atoms with Gasteiger partial charge < -0.3 is 10.6 Å². The molecule has 0 aromatic heterocycles. The highest BCUT2D eigenvalue weighted by Crippen LogP contribution is 2.26. The van der Waals surface area contributed by atoms with Crippen molar-refractivity contribution in [2.45, 2.75) is 32.7 Å². The number of nitro groups is 1. The Morgan fingerprint density at radius 3 is 2.55 bits per heavy atom. The molecule has 2 N–H and O–H groups in total. The van der Waals surface area contributed by atoms with Crippen molar-refractivity contribution in [3.05, 3.63) is 33.9 Å². The average Bonchev–Trinajstić information content (AvgIpc) is 2.46. The van der Waals surface area contributed by atoms with Crippen molar-refractivity contribution in [1.29, 1.82) is 0 Å². The summed E-state index contributed by atoms with van der Waals surface area (Å²) in [5.41, 5.74) is -1.07. The summed E-state index contributed by atoms with van der Waals surface area (Å²) >= 11 is 0. The van der Waals surface area contributed by atoms with E-state index in [1.54, 1.807) is 6.92 Å². The highest BCUT2D eigenvalue weighted by Gasteiger charge is 2.24. The number of nitrogens with zero attached hydrogens (tertiary/aromatic N) is 1. The third kappa shape index (κ3) is 4.06. The third-order valence-electron chi connectivity index (χ3n) is 3.18. The number of benzene rings is 1. The van der Waals surface area contributed by atoms with Gasteiger partial charge >= 0.3 is 0 Å². The van der Waals surface area contributed by atoms with Gasteiger partial charge in [0, 0.05) is 18.6 Å². The van der Waals surface area contributed by atoms with Crippen molar-refractivity contribution < 1.29 is 14.5 Å². The first-order valence-corrected chi connectivity index (χ1v) is 6.58. The predicted octanol–water partition coefficient (Wildman–Crippen LogP) is 2.08. The normalized spacial score (nSPS) is 12.6. The summed E-state index contributed by atoms with van der Waals surface area (Å²) in [4.78, 5) is 33.6. The molecule has 22 heavy (non-hydrogen) atoms. The average molecular weight is 303 g/mol. The first kappa shape index (κ1) is 17.2. The SMILES string of the molecule is C#CC(C)(CC)NC(=O)c1ccc(NC(C)=O)c([N+](=O)[O-])c1. The fourth-order valence-corrected chi connectivity index (χ4v) is 1.67. The quantitative estimate of drug-likeness (QED) is 0.494. The maximum atomic E-state index is 12.2. The summed E-state index contributed by atoms with van der Waals surface area (Å²) < 4.78 is 0. The molecule has 116 valence electrons. The maximum absolute atomic E-state index is 12.2. The molecule has 1 aromatic carbocycles. The zero-order chi connectivity index (χ0) is 16.9. The van der Waals surface area contributed by atoms with Crippen LogP contribution in [0.4, 0.5) is 11.4 Å². The lowest BCUT2D eigenvalue weighted by atomic mass is 9.99. The standard InChI is InChI=1S/C15H17N3O4/c1-5-15(4,6-2)17-14(20)11-7-8-12(16-10(3)19)13(9-11)18(21)22/h1,7-9H,6H2,2-4H3,(H,16,19)(H,17,20). The second-order valence-corrected chi connectivity index (χ2v) is 4.95. The van der Waals surface area contributed by atoms with Gasteiger partial charge in [-0.3, -0.25) is 19.7 Å². The second kappa shape index (κ2) is 6.72. The molecule has 0 aliphatic heterocycles. The van der Waals surface area contributed by atoms with Crippen LogP contribution < -0.4 is 10.6 Å². The summed E-state index contributed by atoms with van der Waals surface area (Å²) in [7, 11) is 0. The number of carbonyl (C=O) groups is 2. The zero-order valence-electron chi connectivity index (χ0n) is 12.6. The molecule has 1 unspecified atom stereocenters. The number of hydrogen-bond acceptors (Lipinski definition) is 4. The number of hydrogen-bond donors (Lipinski definition) is 2. The van der Waals surface area contributed by atoms with Crippen LogP contribution in [0.3, 0.4) is 0 Å². The van der Waals surface area contributed by atoms with E-state index >= 15 is 0 Å². The molecular formula is C15H17N3O4. The van der Waals surface area contributed by atoms with E-state index in [2.05, 4.69) is 16.6 Å².